The van der Waals surface area contributed by atoms with Gasteiger partial charge in [-0.1, -0.05) is 19.1 Å². The number of halogens is 3. The maximum Gasteiger partial charge on any atom is 0.416 e. The summed E-state index contributed by atoms with van der Waals surface area (Å²) in [6.45, 7) is 13.6. The Morgan fingerprint density at radius 2 is 1.60 bits per heavy atom. The van der Waals surface area contributed by atoms with Gasteiger partial charge in [-0.05, 0) is 48.0 Å². The molecule has 0 spiro atoms. The van der Waals surface area contributed by atoms with Crippen LogP contribution in [0.2, 0.25) is 0 Å². The molecule has 5 nitrogen and oxygen atoms in total. The van der Waals surface area contributed by atoms with Crippen LogP contribution in [0.3, 0.4) is 0 Å². The molecule has 0 aromatic rings. The molecule has 0 aromatic carbocycles. The van der Waals surface area contributed by atoms with E-state index in [-0.39, 0.29) is 5.57 Å². The van der Waals surface area contributed by atoms with Crippen molar-refractivity contribution in [1.29, 1.82) is 0 Å². The molecule has 30 heavy (non-hydrogen) atoms. The largest absolute Gasteiger partial charge is 0.444 e. The maximum absolute atomic E-state index is 13.7. The van der Waals surface area contributed by atoms with E-state index in [2.05, 4.69) is 4.99 Å². The Balaban J connectivity index is 3.17. The lowest BCUT2D eigenvalue weighted by molar-refractivity contribution is -0.0891. The Kier molecular flexibility index (Phi) is 9.18. The fourth-order valence-corrected chi connectivity index (χ4v) is 3.14. The molecule has 0 aromatic heterocycles. The Hall–Kier alpha value is -2.25. The number of piperazine rings is 1. The molecule has 0 radical (unpaired) electrons. The highest BCUT2D eigenvalue weighted by Crippen LogP contribution is 2.34. The van der Waals surface area contributed by atoms with Crippen LogP contribution in [0.1, 0.15) is 54.9 Å². The van der Waals surface area contributed by atoms with E-state index in [1.165, 1.54) is 13.1 Å². The molecule has 8 heteroatoms. The van der Waals surface area contributed by atoms with Gasteiger partial charge in [-0.3, -0.25) is 4.99 Å². The number of hydrogen-bond acceptors (Lipinski definition) is 4. The van der Waals surface area contributed by atoms with Gasteiger partial charge in [0.15, 0.2) is 0 Å². The Labute approximate surface area is 178 Å². The van der Waals surface area contributed by atoms with Crippen LogP contribution in [0.25, 0.3) is 0 Å². The summed E-state index contributed by atoms with van der Waals surface area (Å²) in [6, 6.07) is 0. The zero-order valence-corrected chi connectivity index (χ0v) is 19.1. The van der Waals surface area contributed by atoms with E-state index >= 15 is 0 Å². The number of allylic oxidation sites excluding steroid dienone is 5. The van der Waals surface area contributed by atoms with Gasteiger partial charge in [0.1, 0.15) is 5.60 Å². The average molecular weight is 430 g/mol. The van der Waals surface area contributed by atoms with E-state index in [9.17, 15) is 18.0 Å². The van der Waals surface area contributed by atoms with Crippen molar-refractivity contribution < 1.29 is 22.7 Å². The topological polar surface area (TPSA) is 45.1 Å². The van der Waals surface area contributed by atoms with Crippen LogP contribution in [-0.4, -0.2) is 59.6 Å². The van der Waals surface area contributed by atoms with Crippen LogP contribution in [0.4, 0.5) is 18.0 Å². The molecule has 170 valence electrons. The van der Waals surface area contributed by atoms with Gasteiger partial charge in [-0.2, -0.15) is 13.2 Å². The van der Waals surface area contributed by atoms with Crippen LogP contribution < -0.4 is 0 Å². The van der Waals surface area contributed by atoms with Crippen LogP contribution in [0, 0.1) is 0 Å². The van der Waals surface area contributed by atoms with Crippen LogP contribution in [0.5, 0.6) is 0 Å². The monoisotopic (exact) mass is 429 g/mol. The number of hydrogen-bond donors (Lipinski definition) is 0. The molecule has 1 fully saturated rings. The lowest BCUT2D eigenvalue weighted by atomic mass is 9.98. The highest BCUT2D eigenvalue weighted by molar-refractivity contribution is 6.03. The first-order valence-corrected chi connectivity index (χ1v) is 10.2. The van der Waals surface area contributed by atoms with Gasteiger partial charge in [0.05, 0.1) is 5.57 Å². The van der Waals surface area contributed by atoms with Gasteiger partial charge in [-0.15, -0.1) is 0 Å². The van der Waals surface area contributed by atoms with Crippen LogP contribution in [0.15, 0.2) is 40.2 Å². The van der Waals surface area contributed by atoms with Crippen molar-refractivity contribution in [1.82, 2.24) is 9.80 Å². The van der Waals surface area contributed by atoms with Crippen LogP contribution in [-0.2, 0) is 4.74 Å². The standard InChI is InChI=1S/C22H34F3N3O2/c1-8-10-11-26-16(3)19(18(9-2)22(23,24)25)17(4)27-12-14-28(15-13-27)20(29)30-21(5,6)7/h9-11H,8,12-15H2,1-7H3/b11-10+,18-9+,19-17-,26-16+. The summed E-state index contributed by atoms with van der Waals surface area (Å²) >= 11 is 0. The van der Waals surface area contributed by atoms with Crippen molar-refractivity contribution in [2.45, 2.75) is 66.7 Å². The van der Waals surface area contributed by atoms with E-state index < -0.39 is 23.4 Å². The van der Waals surface area contributed by atoms with Crippen molar-refractivity contribution in [3.8, 4) is 0 Å². The summed E-state index contributed by atoms with van der Waals surface area (Å²) in [7, 11) is 0. The summed E-state index contributed by atoms with van der Waals surface area (Å²) < 4.78 is 46.5. The minimum absolute atomic E-state index is 0.0801. The highest BCUT2D eigenvalue weighted by atomic mass is 19.4. The summed E-state index contributed by atoms with van der Waals surface area (Å²) in [6.07, 6.45) is 0.256. The van der Waals surface area contributed by atoms with E-state index in [1.807, 2.05) is 11.8 Å². The number of carbonyl (C=O) groups excluding carboxylic acids is 1. The van der Waals surface area contributed by atoms with Crippen molar-refractivity contribution in [3.05, 3.63) is 35.2 Å². The average Bonchev–Trinajstić information content (AvgIpc) is 2.63. The Morgan fingerprint density at radius 3 is 2.03 bits per heavy atom. The zero-order valence-electron chi connectivity index (χ0n) is 19.1. The normalized spacial score (nSPS) is 18.1. The van der Waals surface area contributed by atoms with Crippen molar-refractivity contribution in [2.75, 3.05) is 26.2 Å². The van der Waals surface area contributed by atoms with Gasteiger partial charge in [-0.25, -0.2) is 4.79 Å². The molecule has 0 bridgehead atoms. The van der Waals surface area contributed by atoms with Gasteiger partial charge >= 0.3 is 12.3 Å². The molecule has 1 rings (SSSR count). The second kappa shape index (κ2) is 10.7. The molecule has 1 heterocycles. The minimum atomic E-state index is -4.49. The number of aliphatic imine (C=N–C) groups is 1. The highest BCUT2D eigenvalue weighted by Gasteiger charge is 2.38. The molecule has 0 atom stereocenters. The number of ether oxygens (including phenoxy) is 1. The third-order valence-corrected chi connectivity index (χ3v) is 4.60. The molecule has 1 saturated heterocycles. The molecule has 1 aliphatic rings. The molecular formula is C22H34F3N3O2. The molecule has 0 saturated carbocycles. The summed E-state index contributed by atoms with van der Waals surface area (Å²) in [4.78, 5) is 19.9. The summed E-state index contributed by atoms with van der Waals surface area (Å²) in [5, 5.41) is 0. The van der Waals surface area contributed by atoms with E-state index in [1.54, 1.807) is 45.6 Å². The van der Waals surface area contributed by atoms with Crippen molar-refractivity contribution in [3.63, 3.8) is 0 Å². The van der Waals surface area contributed by atoms with Gasteiger partial charge in [0.2, 0.25) is 0 Å². The van der Waals surface area contributed by atoms with Gasteiger partial charge in [0, 0.05) is 49.4 Å². The van der Waals surface area contributed by atoms with E-state index in [0.29, 0.717) is 37.6 Å². The third-order valence-electron chi connectivity index (χ3n) is 4.60. The first-order valence-electron chi connectivity index (χ1n) is 10.2. The maximum atomic E-state index is 13.7. The number of carbonyl (C=O) groups is 1. The first kappa shape index (κ1) is 25.8. The summed E-state index contributed by atoms with van der Waals surface area (Å²) in [5.74, 6) is 0. The van der Waals surface area contributed by atoms with Gasteiger partial charge < -0.3 is 14.5 Å². The van der Waals surface area contributed by atoms with E-state index in [4.69, 9.17) is 4.74 Å². The fourth-order valence-electron chi connectivity index (χ4n) is 3.14. The molecule has 0 aliphatic carbocycles. The second-order valence-corrected chi connectivity index (χ2v) is 8.12. The van der Waals surface area contributed by atoms with Crippen molar-refractivity contribution >= 4 is 11.8 Å². The third kappa shape index (κ3) is 7.54. The molecule has 0 N–H and O–H groups in total. The SMILES string of the molecule is C\C=C(C(/C(C)=N/C=C/CC)=C(/C)N1CCN(C(=O)OC(C)(C)C)CC1)\C(F)(F)F. The van der Waals surface area contributed by atoms with Crippen LogP contribution >= 0.6 is 0 Å². The Morgan fingerprint density at radius 1 is 1.07 bits per heavy atom. The predicted octanol–water partition coefficient (Wildman–Crippen LogP) is 5.71. The molecule has 1 amide bonds. The van der Waals surface area contributed by atoms with E-state index in [0.717, 1.165) is 12.5 Å². The number of rotatable bonds is 5. The quantitative estimate of drug-likeness (QED) is 0.416. The summed E-state index contributed by atoms with van der Waals surface area (Å²) in [5.41, 5.74) is -0.422. The first-order chi connectivity index (χ1) is 13.8. The number of amides is 1. The smallest absolute Gasteiger partial charge is 0.416 e. The molecule has 1 aliphatic heterocycles. The number of nitrogens with zero attached hydrogens (tertiary/aromatic N) is 3. The Bertz CT molecular complexity index is 721. The number of alkyl halides is 3. The van der Waals surface area contributed by atoms with Gasteiger partial charge in [0.25, 0.3) is 0 Å². The fraction of sp³-hybridized carbons (Fsp3) is 0.636. The lowest BCUT2D eigenvalue weighted by Gasteiger charge is -2.38. The molecule has 0 unspecified atom stereocenters. The predicted molar refractivity (Wildman–Crippen MR) is 114 cm³/mol. The second-order valence-electron chi connectivity index (χ2n) is 8.12. The molecular weight excluding hydrogens is 395 g/mol. The zero-order chi connectivity index (χ0) is 23.1. The lowest BCUT2D eigenvalue weighted by Crippen LogP contribution is -2.49. The van der Waals surface area contributed by atoms with Crippen molar-refractivity contribution in [2.24, 2.45) is 4.99 Å². The minimum Gasteiger partial charge on any atom is -0.444 e.